The van der Waals surface area contributed by atoms with Crippen LogP contribution in [-0.2, 0) is 14.3 Å². The van der Waals surface area contributed by atoms with Crippen LogP contribution in [0.25, 0.3) is 0 Å². The molecule has 1 fully saturated rings. The Morgan fingerprint density at radius 1 is 1.52 bits per heavy atom. The number of aryl methyl sites for hydroxylation is 1. The van der Waals surface area contributed by atoms with E-state index in [-0.39, 0.29) is 11.9 Å². The highest BCUT2D eigenvalue weighted by Crippen LogP contribution is 2.25. The predicted molar refractivity (Wildman–Crippen MR) is 83.6 cm³/mol. The Morgan fingerprint density at radius 2 is 2.33 bits per heavy atom. The normalized spacial score (nSPS) is 18.6. The largest absolute Gasteiger partial charge is 0.464 e. The molecule has 1 aromatic heterocycles. The van der Waals surface area contributed by atoms with Crippen LogP contribution in [0.3, 0.4) is 0 Å². The fraction of sp³-hybridized carbons (Fsp3) is 0.643. The van der Waals surface area contributed by atoms with Crippen molar-refractivity contribution in [1.29, 1.82) is 0 Å². The fourth-order valence-corrected chi connectivity index (χ4v) is 4.05. The number of thiazole rings is 1. The molecule has 5 nitrogen and oxygen atoms in total. The van der Waals surface area contributed by atoms with Gasteiger partial charge in [0.05, 0.1) is 12.4 Å². The van der Waals surface area contributed by atoms with Gasteiger partial charge in [-0.15, -0.1) is 11.3 Å². The number of carbonyl (C=O) groups excluding carboxylic acids is 2. The monoisotopic (exact) mass is 328 g/mol. The van der Waals surface area contributed by atoms with Gasteiger partial charge in [-0.3, -0.25) is 4.79 Å². The minimum atomic E-state index is -0.412. The van der Waals surface area contributed by atoms with E-state index in [4.69, 9.17) is 4.74 Å². The first-order chi connectivity index (χ1) is 10.1. The molecule has 0 N–H and O–H groups in total. The molecule has 1 amide bonds. The summed E-state index contributed by atoms with van der Waals surface area (Å²) in [6.45, 7) is 4.71. The SMILES string of the molecule is CCOC(=O)C1CCCCN1C(=O)CSc1nc(C)cs1. The minimum Gasteiger partial charge on any atom is -0.464 e. The van der Waals surface area contributed by atoms with Crippen molar-refractivity contribution >= 4 is 35.0 Å². The third-order valence-electron chi connectivity index (χ3n) is 3.30. The molecule has 2 rings (SSSR count). The zero-order valence-corrected chi connectivity index (χ0v) is 14.0. The second-order valence-corrected chi connectivity index (χ2v) is 6.97. The molecule has 7 heteroatoms. The van der Waals surface area contributed by atoms with Crippen LogP contribution in [0.5, 0.6) is 0 Å². The smallest absolute Gasteiger partial charge is 0.328 e. The van der Waals surface area contributed by atoms with Gasteiger partial charge in [0.25, 0.3) is 0 Å². The van der Waals surface area contributed by atoms with Crippen LogP contribution in [0.4, 0.5) is 0 Å². The van der Waals surface area contributed by atoms with Crippen LogP contribution in [0.2, 0.25) is 0 Å². The molecule has 2 heterocycles. The highest BCUT2D eigenvalue weighted by Gasteiger charge is 2.32. The lowest BCUT2D eigenvalue weighted by molar-refractivity contribution is -0.155. The summed E-state index contributed by atoms with van der Waals surface area (Å²) in [7, 11) is 0. The maximum Gasteiger partial charge on any atom is 0.328 e. The summed E-state index contributed by atoms with van der Waals surface area (Å²) < 4.78 is 5.97. The maximum absolute atomic E-state index is 12.4. The number of nitrogens with zero attached hydrogens (tertiary/aromatic N) is 2. The van der Waals surface area contributed by atoms with Gasteiger partial charge in [-0.05, 0) is 33.1 Å². The Morgan fingerprint density at radius 3 is 3.00 bits per heavy atom. The molecule has 21 heavy (non-hydrogen) atoms. The number of likely N-dealkylation sites (tertiary alicyclic amines) is 1. The van der Waals surface area contributed by atoms with Gasteiger partial charge in [0.15, 0.2) is 4.34 Å². The lowest BCUT2D eigenvalue weighted by Gasteiger charge is -2.33. The highest BCUT2D eigenvalue weighted by molar-refractivity contribution is 8.01. The Bertz CT molecular complexity index is 504. The van der Waals surface area contributed by atoms with Crippen molar-refractivity contribution < 1.29 is 14.3 Å². The fourth-order valence-electron chi connectivity index (χ4n) is 2.32. The van der Waals surface area contributed by atoms with E-state index in [1.165, 1.54) is 11.8 Å². The number of aromatic nitrogens is 1. The first-order valence-electron chi connectivity index (χ1n) is 7.13. The molecule has 1 aliphatic rings. The van der Waals surface area contributed by atoms with E-state index in [0.717, 1.165) is 22.9 Å². The third-order valence-corrected chi connectivity index (χ3v) is 5.42. The maximum atomic E-state index is 12.4. The quantitative estimate of drug-likeness (QED) is 0.614. The molecule has 0 radical (unpaired) electrons. The van der Waals surface area contributed by atoms with Gasteiger partial charge in [-0.25, -0.2) is 9.78 Å². The van der Waals surface area contributed by atoms with E-state index in [0.29, 0.717) is 25.3 Å². The van der Waals surface area contributed by atoms with Gasteiger partial charge in [0.1, 0.15) is 6.04 Å². The van der Waals surface area contributed by atoms with Crippen LogP contribution >= 0.6 is 23.1 Å². The van der Waals surface area contributed by atoms with Crippen molar-refractivity contribution in [1.82, 2.24) is 9.88 Å². The summed E-state index contributed by atoms with van der Waals surface area (Å²) >= 11 is 2.98. The Labute approximate surface area is 133 Å². The third kappa shape index (κ3) is 4.44. The lowest BCUT2D eigenvalue weighted by atomic mass is 10.0. The summed E-state index contributed by atoms with van der Waals surface area (Å²) in [4.78, 5) is 30.3. The molecule has 0 saturated carbocycles. The summed E-state index contributed by atoms with van der Waals surface area (Å²) in [6, 6.07) is -0.412. The van der Waals surface area contributed by atoms with Crippen molar-refractivity contribution in [2.75, 3.05) is 18.9 Å². The first-order valence-corrected chi connectivity index (χ1v) is 8.99. The summed E-state index contributed by atoms with van der Waals surface area (Å²) in [5, 5.41) is 1.97. The van der Waals surface area contributed by atoms with E-state index in [1.807, 2.05) is 12.3 Å². The number of esters is 1. The van der Waals surface area contributed by atoms with Gasteiger partial charge >= 0.3 is 5.97 Å². The number of piperidine rings is 1. The molecule has 1 aromatic rings. The highest BCUT2D eigenvalue weighted by atomic mass is 32.2. The number of hydrogen-bond donors (Lipinski definition) is 0. The zero-order valence-electron chi connectivity index (χ0n) is 12.3. The van der Waals surface area contributed by atoms with E-state index in [2.05, 4.69) is 4.98 Å². The molecule has 0 aliphatic carbocycles. The average molecular weight is 328 g/mol. The molecular formula is C14H20N2O3S2. The number of thioether (sulfide) groups is 1. The Kier molecular flexibility index (Phi) is 6.05. The number of rotatable bonds is 5. The molecule has 1 atom stereocenters. The number of amides is 1. The molecule has 0 spiro atoms. The van der Waals surface area contributed by atoms with E-state index < -0.39 is 6.04 Å². The van der Waals surface area contributed by atoms with Crippen LogP contribution in [0.1, 0.15) is 31.9 Å². The van der Waals surface area contributed by atoms with Crippen molar-refractivity contribution in [2.45, 2.75) is 43.5 Å². The van der Waals surface area contributed by atoms with Gasteiger partial charge < -0.3 is 9.64 Å². The van der Waals surface area contributed by atoms with E-state index in [9.17, 15) is 9.59 Å². The Hall–Kier alpha value is -1.08. The molecular weight excluding hydrogens is 308 g/mol. The lowest BCUT2D eigenvalue weighted by Crippen LogP contribution is -2.49. The number of hydrogen-bond acceptors (Lipinski definition) is 6. The summed E-state index contributed by atoms with van der Waals surface area (Å²) in [5.74, 6) is 0.0364. The molecule has 116 valence electrons. The molecule has 0 aromatic carbocycles. The average Bonchev–Trinajstić information content (AvgIpc) is 2.90. The number of carbonyl (C=O) groups is 2. The summed E-state index contributed by atoms with van der Waals surface area (Å²) in [5.41, 5.74) is 0.970. The van der Waals surface area contributed by atoms with Crippen LogP contribution in [0, 0.1) is 6.92 Å². The second-order valence-electron chi connectivity index (χ2n) is 4.89. The summed E-state index contributed by atoms with van der Waals surface area (Å²) in [6.07, 6.45) is 2.61. The zero-order chi connectivity index (χ0) is 15.2. The number of ether oxygens (including phenoxy) is 1. The Balaban J connectivity index is 1.93. The van der Waals surface area contributed by atoms with E-state index >= 15 is 0 Å². The second kappa shape index (κ2) is 7.79. The van der Waals surface area contributed by atoms with Crippen LogP contribution < -0.4 is 0 Å². The van der Waals surface area contributed by atoms with Gasteiger partial charge in [-0.2, -0.15) is 0 Å². The van der Waals surface area contributed by atoms with Gasteiger partial charge in [0.2, 0.25) is 5.91 Å². The molecule has 1 aliphatic heterocycles. The van der Waals surface area contributed by atoms with E-state index in [1.54, 1.807) is 23.2 Å². The minimum absolute atomic E-state index is 0.00870. The van der Waals surface area contributed by atoms with Crippen molar-refractivity contribution in [3.05, 3.63) is 11.1 Å². The standard InChI is InChI=1S/C14H20N2O3S2/c1-3-19-13(18)11-6-4-5-7-16(11)12(17)9-21-14-15-10(2)8-20-14/h8,11H,3-7,9H2,1-2H3. The van der Waals surface area contributed by atoms with Gasteiger partial charge in [-0.1, -0.05) is 11.8 Å². The van der Waals surface area contributed by atoms with Crippen molar-refractivity contribution in [3.8, 4) is 0 Å². The van der Waals surface area contributed by atoms with Crippen LogP contribution in [0.15, 0.2) is 9.72 Å². The van der Waals surface area contributed by atoms with Crippen molar-refractivity contribution in [2.24, 2.45) is 0 Å². The predicted octanol–water partition coefficient (Wildman–Crippen LogP) is 2.49. The van der Waals surface area contributed by atoms with Crippen molar-refractivity contribution in [3.63, 3.8) is 0 Å². The van der Waals surface area contributed by atoms with Gasteiger partial charge in [0, 0.05) is 17.6 Å². The molecule has 0 bridgehead atoms. The van der Waals surface area contributed by atoms with Crippen LogP contribution in [-0.4, -0.2) is 46.7 Å². The topological polar surface area (TPSA) is 59.5 Å². The first kappa shape index (κ1) is 16.3. The molecule has 1 unspecified atom stereocenters. The molecule has 1 saturated heterocycles.